The van der Waals surface area contributed by atoms with Gasteiger partial charge in [-0.05, 0) is 56.1 Å². The van der Waals surface area contributed by atoms with Crippen molar-refractivity contribution in [2.75, 3.05) is 13.1 Å². The minimum atomic E-state index is -1.22. The molecule has 4 atom stereocenters. The first-order valence-corrected chi connectivity index (χ1v) is 15.0. The van der Waals surface area contributed by atoms with Crippen LogP contribution in [0.2, 0.25) is 0 Å². The molecule has 5 aliphatic rings. The number of amides is 5. The van der Waals surface area contributed by atoms with E-state index in [-0.39, 0.29) is 36.6 Å². The summed E-state index contributed by atoms with van der Waals surface area (Å²) in [6, 6.07) is 7.16. The highest BCUT2D eigenvalue weighted by atomic mass is 16.6. The lowest BCUT2D eigenvalue weighted by Crippen LogP contribution is -2.56. The first-order valence-electron chi connectivity index (χ1n) is 15.0. The van der Waals surface area contributed by atoms with Gasteiger partial charge in [0, 0.05) is 37.8 Å². The summed E-state index contributed by atoms with van der Waals surface area (Å²) in [7, 11) is 0. The van der Waals surface area contributed by atoms with Crippen molar-refractivity contribution in [2.24, 2.45) is 11.8 Å². The van der Waals surface area contributed by atoms with Gasteiger partial charge in [0.15, 0.2) is 0 Å². The normalized spacial score (nSPS) is 30.6. The smallest absolute Gasteiger partial charge is 0.410 e. The number of carbonyl (C=O) groups is 5. The van der Waals surface area contributed by atoms with E-state index in [0.717, 1.165) is 44.1 Å². The molecule has 3 heterocycles. The lowest BCUT2D eigenvalue weighted by molar-refractivity contribution is -0.140. The van der Waals surface area contributed by atoms with Crippen molar-refractivity contribution >= 4 is 29.7 Å². The van der Waals surface area contributed by atoms with Gasteiger partial charge >= 0.3 is 6.09 Å². The van der Waals surface area contributed by atoms with E-state index in [1.807, 2.05) is 30.4 Å². The summed E-state index contributed by atoms with van der Waals surface area (Å²) in [5, 5.41) is 5.44. The van der Waals surface area contributed by atoms with Crippen molar-refractivity contribution in [3.8, 4) is 0 Å². The summed E-state index contributed by atoms with van der Waals surface area (Å²) in [5.41, 5.74) is 1.10. The van der Waals surface area contributed by atoms with E-state index in [0.29, 0.717) is 32.4 Å². The third-order valence-electron chi connectivity index (χ3n) is 9.12. The Morgan fingerprint density at radius 3 is 2.63 bits per heavy atom. The molecule has 2 saturated carbocycles. The highest BCUT2D eigenvalue weighted by Gasteiger charge is 2.61. The molecule has 0 radical (unpaired) electrons. The van der Waals surface area contributed by atoms with Crippen molar-refractivity contribution in [3.63, 3.8) is 0 Å². The van der Waals surface area contributed by atoms with E-state index in [4.69, 9.17) is 4.74 Å². The number of imide groups is 1. The number of allylic oxidation sites excluding steroid dienone is 1. The van der Waals surface area contributed by atoms with Crippen LogP contribution in [0.25, 0.3) is 0 Å². The molecule has 6 rings (SSSR count). The summed E-state index contributed by atoms with van der Waals surface area (Å²) in [6.45, 7) is 1.14. The predicted molar refractivity (Wildman–Crippen MR) is 148 cm³/mol. The molecule has 1 aromatic rings. The summed E-state index contributed by atoms with van der Waals surface area (Å²) in [5.74, 6) is -1.75. The first kappa shape index (κ1) is 27.5. The molecule has 41 heavy (non-hydrogen) atoms. The van der Waals surface area contributed by atoms with Gasteiger partial charge in [0.2, 0.25) is 17.7 Å². The Balaban J connectivity index is 1.16. The van der Waals surface area contributed by atoms with E-state index in [1.165, 1.54) is 10.5 Å². The number of nitrogens with zero attached hydrogens (tertiary/aromatic N) is 2. The molecule has 1 aromatic carbocycles. The summed E-state index contributed by atoms with van der Waals surface area (Å²) in [4.78, 5) is 68.9. The van der Waals surface area contributed by atoms with Gasteiger partial charge in [-0.3, -0.25) is 24.5 Å². The van der Waals surface area contributed by atoms with Gasteiger partial charge in [-0.15, -0.1) is 0 Å². The average molecular weight is 563 g/mol. The fourth-order valence-corrected chi connectivity index (χ4v) is 6.35. The number of benzene rings is 1. The van der Waals surface area contributed by atoms with E-state index in [9.17, 15) is 24.0 Å². The number of nitrogens with one attached hydrogen (secondary N) is 2. The van der Waals surface area contributed by atoms with Crippen molar-refractivity contribution in [3.05, 3.63) is 47.5 Å². The van der Waals surface area contributed by atoms with Crippen LogP contribution in [0.3, 0.4) is 0 Å². The number of ether oxygens (including phenoxy) is 1. The van der Waals surface area contributed by atoms with Crippen LogP contribution in [0.5, 0.6) is 0 Å². The van der Waals surface area contributed by atoms with E-state index in [2.05, 4.69) is 16.7 Å². The van der Waals surface area contributed by atoms with Crippen LogP contribution in [0.1, 0.15) is 68.9 Å². The van der Waals surface area contributed by atoms with Gasteiger partial charge in [0.1, 0.15) is 17.7 Å². The number of rotatable bonds is 3. The molecule has 1 saturated heterocycles. The van der Waals surface area contributed by atoms with Crippen molar-refractivity contribution < 1.29 is 28.7 Å². The fraction of sp³-hybridized carbons (Fsp3) is 0.581. The van der Waals surface area contributed by atoms with Gasteiger partial charge in [0.25, 0.3) is 5.91 Å². The lowest BCUT2D eigenvalue weighted by Gasteiger charge is -2.29. The van der Waals surface area contributed by atoms with Gasteiger partial charge in [-0.1, -0.05) is 42.8 Å². The van der Waals surface area contributed by atoms with Crippen molar-refractivity contribution in [2.45, 2.75) is 88.4 Å². The molecule has 10 heteroatoms. The second-order valence-corrected chi connectivity index (χ2v) is 12.1. The Labute approximate surface area is 239 Å². The fourth-order valence-electron chi connectivity index (χ4n) is 6.35. The van der Waals surface area contributed by atoms with Crippen LogP contribution in [-0.4, -0.2) is 70.3 Å². The molecule has 2 N–H and O–H groups in total. The van der Waals surface area contributed by atoms with Gasteiger partial charge in [-0.2, -0.15) is 0 Å². The van der Waals surface area contributed by atoms with Gasteiger partial charge in [-0.25, -0.2) is 4.79 Å². The molecule has 10 nitrogen and oxygen atoms in total. The molecular weight excluding hydrogens is 524 g/mol. The van der Waals surface area contributed by atoms with Crippen molar-refractivity contribution in [1.29, 1.82) is 0 Å². The monoisotopic (exact) mass is 562 g/mol. The Kier molecular flexibility index (Phi) is 7.57. The maximum atomic E-state index is 13.7. The zero-order valence-electron chi connectivity index (χ0n) is 23.3. The minimum Gasteiger partial charge on any atom is -0.444 e. The number of hydrogen-bond acceptors (Lipinski definition) is 6. The molecule has 0 spiro atoms. The van der Waals surface area contributed by atoms with E-state index >= 15 is 0 Å². The standard InChI is InChI=1S/C31H38N4O6/c36-26-11-5-3-1-2-4-10-23-17-31(23,29(39)32-27(37)21-12-13-21)33-28(38)25-16-24(19-35(25)26)41-30(40)34-15-14-20-8-6-7-9-22(20)18-34/h4,6-10,21,23-25H,1-3,5,11-19H2,(H,33,38)(H,32,37,39)/b10-4-/t23-,24-,25+,31-/m1/s1. The number of carbonyl (C=O) groups excluding carboxylic acids is 5. The minimum absolute atomic E-state index is 0.135. The Bertz CT molecular complexity index is 1270. The molecule has 218 valence electrons. The van der Waals surface area contributed by atoms with Gasteiger partial charge < -0.3 is 19.9 Å². The molecule has 2 aliphatic carbocycles. The van der Waals surface area contributed by atoms with Crippen LogP contribution in [0.15, 0.2) is 36.4 Å². The number of hydrogen-bond donors (Lipinski definition) is 2. The van der Waals surface area contributed by atoms with E-state index in [1.54, 1.807) is 4.90 Å². The molecule has 0 unspecified atom stereocenters. The third kappa shape index (κ3) is 5.87. The highest BCUT2D eigenvalue weighted by molar-refractivity contribution is 6.05. The molecule has 3 fully saturated rings. The Hall–Kier alpha value is -3.69. The first-order chi connectivity index (χ1) is 19.8. The zero-order valence-corrected chi connectivity index (χ0v) is 23.3. The zero-order chi connectivity index (χ0) is 28.6. The average Bonchev–Trinajstić information content (AvgIpc) is 3.89. The van der Waals surface area contributed by atoms with Crippen LogP contribution in [0.4, 0.5) is 4.79 Å². The third-order valence-corrected chi connectivity index (χ3v) is 9.12. The summed E-state index contributed by atoms with van der Waals surface area (Å²) in [6.07, 6.45) is 9.39. The molecule has 0 bridgehead atoms. The van der Waals surface area contributed by atoms with Crippen LogP contribution in [0, 0.1) is 11.8 Å². The molecule has 3 aliphatic heterocycles. The van der Waals surface area contributed by atoms with Gasteiger partial charge in [0.05, 0.1) is 6.54 Å². The summed E-state index contributed by atoms with van der Waals surface area (Å²) >= 11 is 0. The SMILES string of the molecule is O=C(NC(=O)[C@@]12C[C@H]1/C=C\CCCCCC(=O)N1C[C@H](OC(=O)N3CCc4ccccc4C3)C[C@H]1C(=O)N2)C1CC1. The Morgan fingerprint density at radius 2 is 1.83 bits per heavy atom. The van der Waals surface area contributed by atoms with Crippen LogP contribution >= 0.6 is 0 Å². The lowest BCUT2D eigenvalue weighted by atomic mass is 10.0. The van der Waals surface area contributed by atoms with E-state index < -0.39 is 35.6 Å². The molecule has 5 amide bonds. The van der Waals surface area contributed by atoms with Crippen molar-refractivity contribution in [1.82, 2.24) is 20.4 Å². The Morgan fingerprint density at radius 1 is 1.02 bits per heavy atom. The largest absolute Gasteiger partial charge is 0.444 e. The quantitative estimate of drug-likeness (QED) is 0.431. The topological polar surface area (TPSA) is 125 Å². The van der Waals surface area contributed by atoms with Crippen LogP contribution < -0.4 is 10.6 Å². The maximum Gasteiger partial charge on any atom is 0.410 e. The molecular formula is C31H38N4O6. The number of fused-ring (bicyclic) bond motifs is 3. The van der Waals surface area contributed by atoms with Crippen LogP contribution in [-0.2, 0) is 36.9 Å². The summed E-state index contributed by atoms with van der Waals surface area (Å²) < 4.78 is 5.86. The second-order valence-electron chi connectivity index (χ2n) is 12.1. The maximum absolute atomic E-state index is 13.7. The predicted octanol–water partition coefficient (Wildman–Crippen LogP) is 2.60. The second kappa shape index (κ2) is 11.3. The molecule has 0 aromatic heterocycles. The highest BCUT2D eigenvalue weighted by Crippen LogP contribution is 2.46.